The first kappa shape index (κ1) is 13.1. The minimum absolute atomic E-state index is 0.218. The summed E-state index contributed by atoms with van der Waals surface area (Å²) in [7, 11) is 0. The fraction of sp³-hybridized carbons (Fsp3) is 0.533. The number of hydrogen-bond donors (Lipinski definition) is 1. The maximum atomic E-state index is 12.2. The molecule has 1 aromatic carbocycles. The quantitative estimate of drug-likeness (QED) is 0.817. The summed E-state index contributed by atoms with van der Waals surface area (Å²) in [6.07, 6.45) is 1.08. The first-order valence-corrected chi connectivity index (χ1v) is 6.50. The van der Waals surface area contributed by atoms with Gasteiger partial charge >= 0.3 is 5.97 Å². The lowest BCUT2D eigenvalue weighted by Gasteiger charge is -2.21. The Morgan fingerprint density at radius 3 is 2.67 bits per heavy atom. The van der Waals surface area contributed by atoms with Crippen molar-refractivity contribution in [1.82, 2.24) is 5.32 Å². The van der Waals surface area contributed by atoms with Crippen molar-refractivity contribution in [3.05, 3.63) is 35.4 Å². The molecule has 1 aromatic rings. The molecule has 1 atom stereocenters. The molecule has 1 aliphatic rings. The zero-order chi connectivity index (χ0) is 13.2. The van der Waals surface area contributed by atoms with E-state index in [2.05, 4.69) is 5.32 Å². The second-order valence-electron chi connectivity index (χ2n) is 5.78. The molecule has 0 bridgehead atoms. The molecular weight excluding hydrogens is 226 g/mol. The number of esters is 1. The van der Waals surface area contributed by atoms with Crippen LogP contribution in [-0.4, -0.2) is 24.7 Å². The molecule has 98 valence electrons. The predicted molar refractivity (Wildman–Crippen MR) is 71.8 cm³/mol. The number of carbonyl (C=O) groups excluding carboxylic acids is 1. The number of nitrogens with one attached hydrogen (secondary N) is 1. The normalized spacial score (nSPS) is 19.8. The van der Waals surface area contributed by atoms with Crippen LogP contribution in [0.15, 0.2) is 24.3 Å². The summed E-state index contributed by atoms with van der Waals surface area (Å²) in [4.78, 5) is 12.2. The van der Waals surface area contributed by atoms with E-state index < -0.39 is 5.60 Å². The van der Waals surface area contributed by atoms with Crippen LogP contribution in [0.4, 0.5) is 0 Å². The molecule has 0 amide bonds. The van der Waals surface area contributed by atoms with E-state index >= 15 is 0 Å². The van der Waals surface area contributed by atoms with Crippen molar-refractivity contribution in [3.8, 4) is 0 Å². The van der Waals surface area contributed by atoms with Gasteiger partial charge in [0.25, 0.3) is 0 Å². The van der Waals surface area contributed by atoms with Gasteiger partial charge in [-0.15, -0.1) is 0 Å². The van der Waals surface area contributed by atoms with Gasteiger partial charge in [0, 0.05) is 6.54 Å². The summed E-state index contributed by atoms with van der Waals surface area (Å²) >= 11 is 0. The fourth-order valence-electron chi connectivity index (χ4n) is 2.29. The van der Waals surface area contributed by atoms with E-state index in [1.807, 2.05) is 45.0 Å². The lowest BCUT2D eigenvalue weighted by atomic mass is 9.93. The minimum Gasteiger partial charge on any atom is -0.456 e. The minimum atomic E-state index is -0.446. The average molecular weight is 247 g/mol. The smallest absolute Gasteiger partial charge is 0.338 e. The van der Waals surface area contributed by atoms with Crippen LogP contribution >= 0.6 is 0 Å². The van der Waals surface area contributed by atoms with Crippen molar-refractivity contribution in [3.63, 3.8) is 0 Å². The lowest BCUT2D eigenvalue weighted by molar-refractivity contribution is 0.00679. The molecule has 1 N–H and O–H groups in total. The van der Waals surface area contributed by atoms with Crippen molar-refractivity contribution >= 4 is 5.97 Å². The highest BCUT2D eigenvalue weighted by Gasteiger charge is 2.25. The molecule has 1 fully saturated rings. The summed E-state index contributed by atoms with van der Waals surface area (Å²) in [5.74, 6) is 0.207. The van der Waals surface area contributed by atoms with Gasteiger partial charge in [-0.3, -0.25) is 0 Å². The third kappa shape index (κ3) is 3.10. The zero-order valence-electron chi connectivity index (χ0n) is 11.3. The molecule has 0 aliphatic carbocycles. The first-order chi connectivity index (χ1) is 8.47. The third-order valence-corrected chi connectivity index (χ3v) is 3.08. The van der Waals surface area contributed by atoms with Crippen LogP contribution in [0, 0.1) is 0 Å². The van der Waals surface area contributed by atoms with Crippen LogP contribution in [-0.2, 0) is 4.74 Å². The van der Waals surface area contributed by atoms with Crippen LogP contribution in [0.2, 0.25) is 0 Å². The van der Waals surface area contributed by atoms with Crippen LogP contribution in [0.1, 0.15) is 49.0 Å². The largest absolute Gasteiger partial charge is 0.456 e. The van der Waals surface area contributed by atoms with Gasteiger partial charge in [-0.1, -0.05) is 18.2 Å². The molecule has 0 radical (unpaired) electrons. The van der Waals surface area contributed by atoms with Crippen LogP contribution < -0.4 is 5.32 Å². The molecule has 2 rings (SSSR count). The molecule has 1 heterocycles. The molecule has 0 aromatic heterocycles. The van der Waals surface area contributed by atoms with Gasteiger partial charge in [-0.25, -0.2) is 4.79 Å². The third-order valence-electron chi connectivity index (χ3n) is 3.08. The molecule has 1 aliphatic heterocycles. The summed E-state index contributed by atoms with van der Waals surface area (Å²) < 4.78 is 5.46. The first-order valence-electron chi connectivity index (χ1n) is 6.50. The second-order valence-corrected chi connectivity index (χ2v) is 5.78. The van der Waals surface area contributed by atoms with E-state index in [0.29, 0.717) is 11.5 Å². The van der Waals surface area contributed by atoms with Gasteiger partial charge < -0.3 is 10.1 Å². The Bertz CT molecular complexity index is 428. The molecule has 0 spiro atoms. The Balaban J connectivity index is 2.24. The molecular formula is C15H21NO2. The monoisotopic (exact) mass is 247 g/mol. The summed E-state index contributed by atoms with van der Waals surface area (Å²) in [5, 5.41) is 3.33. The average Bonchev–Trinajstić information content (AvgIpc) is 2.80. The van der Waals surface area contributed by atoms with Gasteiger partial charge in [-0.2, -0.15) is 0 Å². The van der Waals surface area contributed by atoms with Gasteiger partial charge in [0.15, 0.2) is 0 Å². The second kappa shape index (κ2) is 5.11. The highest BCUT2D eigenvalue weighted by Crippen LogP contribution is 2.26. The number of carbonyl (C=O) groups is 1. The molecule has 3 nitrogen and oxygen atoms in total. The highest BCUT2D eigenvalue weighted by atomic mass is 16.6. The van der Waals surface area contributed by atoms with E-state index in [-0.39, 0.29) is 5.97 Å². The number of ether oxygens (including phenoxy) is 1. The van der Waals surface area contributed by atoms with Crippen molar-refractivity contribution in [2.45, 2.75) is 38.7 Å². The number of rotatable bonds is 2. The molecule has 0 saturated carbocycles. The van der Waals surface area contributed by atoms with E-state index in [1.165, 1.54) is 0 Å². The van der Waals surface area contributed by atoms with E-state index in [1.54, 1.807) is 0 Å². The van der Waals surface area contributed by atoms with E-state index in [0.717, 1.165) is 25.1 Å². The number of benzene rings is 1. The molecule has 1 unspecified atom stereocenters. The Morgan fingerprint density at radius 1 is 1.33 bits per heavy atom. The van der Waals surface area contributed by atoms with Crippen LogP contribution in [0.25, 0.3) is 0 Å². The van der Waals surface area contributed by atoms with Gasteiger partial charge in [0.1, 0.15) is 5.60 Å². The number of hydrogen-bond acceptors (Lipinski definition) is 3. The van der Waals surface area contributed by atoms with E-state index in [4.69, 9.17) is 4.74 Å². The van der Waals surface area contributed by atoms with Gasteiger partial charge in [0.2, 0.25) is 0 Å². The Labute approximate surface area is 109 Å². The SMILES string of the molecule is CC(C)(C)OC(=O)c1ccccc1C1CCNC1. The maximum absolute atomic E-state index is 12.2. The Kier molecular flexibility index (Phi) is 3.71. The standard InChI is InChI=1S/C15H21NO2/c1-15(2,3)18-14(17)13-7-5-4-6-12(13)11-8-9-16-10-11/h4-7,11,16H,8-10H2,1-3H3. The Hall–Kier alpha value is -1.35. The topological polar surface area (TPSA) is 38.3 Å². The van der Waals surface area contributed by atoms with Crippen LogP contribution in [0.5, 0.6) is 0 Å². The summed E-state index contributed by atoms with van der Waals surface area (Å²) in [6.45, 7) is 7.65. The molecule has 1 saturated heterocycles. The summed E-state index contributed by atoms with van der Waals surface area (Å²) in [6, 6.07) is 7.78. The molecule has 18 heavy (non-hydrogen) atoms. The highest BCUT2D eigenvalue weighted by molar-refractivity contribution is 5.91. The fourth-order valence-corrected chi connectivity index (χ4v) is 2.29. The van der Waals surface area contributed by atoms with Crippen molar-refractivity contribution in [2.24, 2.45) is 0 Å². The van der Waals surface area contributed by atoms with Crippen LogP contribution in [0.3, 0.4) is 0 Å². The Morgan fingerprint density at radius 2 is 2.06 bits per heavy atom. The zero-order valence-corrected chi connectivity index (χ0v) is 11.3. The van der Waals surface area contributed by atoms with Gasteiger partial charge in [-0.05, 0) is 51.3 Å². The summed E-state index contributed by atoms with van der Waals surface area (Å²) in [5.41, 5.74) is 1.37. The predicted octanol–water partition coefficient (Wildman–Crippen LogP) is 2.72. The van der Waals surface area contributed by atoms with E-state index in [9.17, 15) is 4.79 Å². The maximum Gasteiger partial charge on any atom is 0.338 e. The van der Waals surface area contributed by atoms with Crippen molar-refractivity contribution in [1.29, 1.82) is 0 Å². The van der Waals surface area contributed by atoms with Crippen molar-refractivity contribution in [2.75, 3.05) is 13.1 Å². The van der Waals surface area contributed by atoms with Crippen molar-refractivity contribution < 1.29 is 9.53 Å². The lowest BCUT2D eigenvalue weighted by Crippen LogP contribution is -2.25. The molecule has 3 heteroatoms. The van der Waals surface area contributed by atoms with Gasteiger partial charge in [0.05, 0.1) is 5.56 Å².